The number of aliphatic hydroxyl groups excluding tert-OH is 1. The van der Waals surface area contributed by atoms with Crippen molar-refractivity contribution in [1.29, 1.82) is 0 Å². The van der Waals surface area contributed by atoms with Crippen molar-refractivity contribution in [3.05, 3.63) is 0 Å². The van der Waals surface area contributed by atoms with Crippen molar-refractivity contribution in [2.75, 3.05) is 39.6 Å². The van der Waals surface area contributed by atoms with Gasteiger partial charge < -0.3 is 33.8 Å². The number of aliphatic hydroxyl groups is 1. The maximum atomic E-state index is 13.1. The lowest BCUT2D eigenvalue weighted by Crippen LogP contribution is -2.30. The molecular formula is C78H152O17P2. The first kappa shape index (κ1) is 95.1. The molecule has 0 aromatic heterocycles. The van der Waals surface area contributed by atoms with Crippen molar-refractivity contribution in [3.63, 3.8) is 0 Å². The minimum absolute atomic E-state index is 0.105. The van der Waals surface area contributed by atoms with Crippen LogP contribution in [0.4, 0.5) is 0 Å². The minimum atomic E-state index is -4.96. The Labute approximate surface area is 594 Å². The second kappa shape index (κ2) is 68.5. The van der Waals surface area contributed by atoms with Gasteiger partial charge in [0.05, 0.1) is 26.4 Å². The normalized spacial score (nSPS) is 14.3. The van der Waals surface area contributed by atoms with Gasteiger partial charge in [-0.1, -0.05) is 350 Å². The average Bonchev–Trinajstić information content (AvgIpc) is 1.85. The highest BCUT2D eigenvalue weighted by molar-refractivity contribution is 7.47. The smallest absolute Gasteiger partial charge is 0.462 e. The molecular weight excluding hydrogens is 1270 g/mol. The first-order chi connectivity index (χ1) is 46.8. The molecule has 0 saturated heterocycles. The summed E-state index contributed by atoms with van der Waals surface area (Å²) in [5.41, 5.74) is 0. The minimum Gasteiger partial charge on any atom is -0.462 e. The molecule has 0 amide bonds. The molecule has 0 aliphatic rings. The highest BCUT2D eigenvalue weighted by Crippen LogP contribution is 2.45. The van der Waals surface area contributed by atoms with Gasteiger partial charge in [0.15, 0.2) is 12.2 Å². The zero-order valence-corrected chi connectivity index (χ0v) is 65.3. The number of rotatable bonds is 76. The molecule has 3 unspecified atom stereocenters. The van der Waals surface area contributed by atoms with Gasteiger partial charge in [0.1, 0.15) is 19.3 Å². The molecule has 0 aromatic carbocycles. The highest BCUT2D eigenvalue weighted by Gasteiger charge is 2.30. The van der Waals surface area contributed by atoms with Crippen LogP contribution in [-0.2, 0) is 65.4 Å². The first-order valence-corrected chi connectivity index (χ1v) is 43.4. The number of phosphoric ester groups is 2. The van der Waals surface area contributed by atoms with E-state index in [0.717, 1.165) is 108 Å². The Morgan fingerprint density at radius 2 is 0.526 bits per heavy atom. The summed E-state index contributed by atoms with van der Waals surface area (Å²) in [4.78, 5) is 72.9. The molecule has 0 saturated carbocycles. The number of hydrogen-bond acceptors (Lipinski definition) is 15. The summed E-state index contributed by atoms with van der Waals surface area (Å²) < 4.78 is 68.6. The largest absolute Gasteiger partial charge is 0.472 e. The van der Waals surface area contributed by atoms with Gasteiger partial charge in [-0.25, -0.2) is 9.13 Å². The van der Waals surface area contributed by atoms with Crippen LogP contribution in [0.25, 0.3) is 0 Å². The van der Waals surface area contributed by atoms with E-state index in [2.05, 4.69) is 48.5 Å². The zero-order valence-electron chi connectivity index (χ0n) is 63.5. The van der Waals surface area contributed by atoms with Gasteiger partial charge in [-0.05, 0) is 43.4 Å². The third kappa shape index (κ3) is 70.9. The Hall–Kier alpha value is -1.94. The predicted octanol–water partition coefficient (Wildman–Crippen LogP) is 23.0. The van der Waals surface area contributed by atoms with E-state index in [-0.39, 0.29) is 25.7 Å². The van der Waals surface area contributed by atoms with Gasteiger partial charge in [0, 0.05) is 25.7 Å². The van der Waals surface area contributed by atoms with Crippen LogP contribution in [0.2, 0.25) is 0 Å². The molecule has 19 heteroatoms. The number of phosphoric acid groups is 2. The Bertz CT molecular complexity index is 1890. The number of carbonyl (C=O) groups is 4. The van der Waals surface area contributed by atoms with E-state index in [1.807, 2.05) is 0 Å². The molecule has 3 N–H and O–H groups in total. The maximum Gasteiger partial charge on any atom is 0.472 e. The summed E-state index contributed by atoms with van der Waals surface area (Å²) >= 11 is 0. The highest BCUT2D eigenvalue weighted by atomic mass is 31.2. The summed E-state index contributed by atoms with van der Waals surface area (Å²) in [5.74, 6) is 0.267. The summed E-state index contributed by atoms with van der Waals surface area (Å²) in [5, 5.41) is 10.6. The van der Waals surface area contributed by atoms with Crippen LogP contribution in [-0.4, -0.2) is 96.7 Å². The second-order valence-corrected chi connectivity index (χ2v) is 32.2. The molecule has 0 spiro atoms. The van der Waals surface area contributed by atoms with Gasteiger partial charge in [-0.2, -0.15) is 0 Å². The Morgan fingerprint density at radius 3 is 0.784 bits per heavy atom. The van der Waals surface area contributed by atoms with E-state index >= 15 is 0 Å². The third-order valence-corrected chi connectivity index (χ3v) is 20.4. The molecule has 0 fully saturated rings. The van der Waals surface area contributed by atoms with Crippen molar-refractivity contribution < 1.29 is 80.2 Å². The maximum absolute atomic E-state index is 13.1. The van der Waals surface area contributed by atoms with E-state index in [9.17, 15) is 43.2 Å². The lowest BCUT2D eigenvalue weighted by atomic mass is 9.99. The van der Waals surface area contributed by atoms with E-state index in [4.69, 9.17) is 37.0 Å². The Balaban J connectivity index is 5.24. The molecule has 576 valence electrons. The zero-order chi connectivity index (χ0) is 71.6. The Morgan fingerprint density at radius 1 is 0.299 bits per heavy atom. The van der Waals surface area contributed by atoms with Gasteiger partial charge in [0.25, 0.3) is 0 Å². The number of ether oxygens (including phenoxy) is 4. The fourth-order valence-electron chi connectivity index (χ4n) is 11.9. The number of carbonyl (C=O) groups excluding carboxylic acids is 4. The summed E-state index contributed by atoms with van der Waals surface area (Å²) in [6.07, 6.45) is 55.4. The molecule has 0 rings (SSSR count). The van der Waals surface area contributed by atoms with Crippen LogP contribution >= 0.6 is 15.6 Å². The van der Waals surface area contributed by atoms with Crippen LogP contribution in [0.3, 0.4) is 0 Å². The molecule has 0 bridgehead atoms. The molecule has 0 aliphatic carbocycles. The van der Waals surface area contributed by atoms with Gasteiger partial charge in [0.2, 0.25) is 0 Å². The molecule has 6 atom stereocenters. The third-order valence-electron chi connectivity index (χ3n) is 18.5. The quantitative estimate of drug-likeness (QED) is 0.0222. The summed E-state index contributed by atoms with van der Waals surface area (Å²) in [6.45, 7) is 12.0. The molecule has 0 radical (unpaired) electrons. The molecule has 17 nitrogen and oxygen atoms in total. The van der Waals surface area contributed by atoms with Gasteiger partial charge in [-0.15, -0.1) is 0 Å². The monoisotopic (exact) mass is 1420 g/mol. The lowest BCUT2D eigenvalue weighted by molar-refractivity contribution is -0.161. The predicted molar refractivity (Wildman–Crippen MR) is 395 cm³/mol. The topological polar surface area (TPSA) is 237 Å². The van der Waals surface area contributed by atoms with Crippen LogP contribution in [0.1, 0.15) is 402 Å². The van der Waals surface area contributed by atoms with Crippen molar-refractivity contribution in [3.8, 4) is 0 Å². The van der Waals surface area contributed by atoms with Crippen LogP contribution in [0.5, 0.6) is 0 Å². The van der Waals surface area contributed by atoms with Crippen molar-refractivity contribution in [2.45, 2.75) is 420 Å². The van der Waals surface area contributed by atoms with E-state index in [1.54, 1.807) is 0 Å². The van der Waals surface area contributed by atoms with Crippen molar-refractivity contribution >= 4 is 39.5 Å². The van der Waals surface area contributed by atoms with E-state index < -0.39 is 97.5 Å². The molecule has 0 aromatic rings. The van der Waals surface area contributed by atoms with Crippen LogP contribution in [0.15, 0.2) is 0 Å². The fraction of sp³-hybridized carbons (Fsp3) is 0.949. The van der Waals surface area contributed by atoms with E-state index in [1.165, 1.54) is 212 Å². The molecule has 97 heavy (non-hydrogen) atoms. The summed E-state index contributed by atoms with van der Waals surface area (Å²) in [6, 6.07) is 0. The Kier molecular flexibility index (Phi) is 67.1. The lowest BCUT2D eigenvalue weighted by Gasteiger charge is -2.21. The number of unbranched alkanes of at least 4 members (excludes halogenated alkanes) is 43. The van der Waals surface area contributed by atoms with Crippen molar-refractivity contribution in [1.82, 2.24) is 0 Å². The SMILES string of the molecule is CCCCCCCCCCCCC(=O)OC[C@H](COP(=O)(O)OC[C@H](O)COP(=O)(O)OC[C@@H](COC(=O)CCCCCCCCCCCCCCCCC(C)C)OC(=O)CCCCCCCCCCCCCCCCC(C)CC)OC(=O)CCCCCCCCCCCC(C)C. The van der Waals surface area contributed by atoms with Crippen molar-refractivity contribution in [2.24, 2.45) is 17.8 Å². The summed E-state index contributed by atoms with van der Waals surface area (Å²) in [7, 11) is -9.91. The van der Waals surface area contributed by atoms with Crippen LogP contribution in [0, 0.1) is 17.8 Å². The van der Waals surface area contributed by atoms with E-state index in [0.29, 0.717) is 25.7 Å². The number of hydrogen-bond donors (Lipinski definition) is 3. The van der Waals surface area contributed by atoms with Crippen LogP contribution < -0.4 is 0 Å². The molecule has 0 aliphatic heterocycles. The molecule has 0 heterocycles. The van der Waals surface area contributed by atoms with Gasteiger partial charge in [-0.3, -0.25) is 37.3 Å². The second-order valence-electron chi connectivity index (χ2n) is 29.3. The number of esters is 4. The average molecular weight is 1420 g/mol. The standard InChI is InChI=1S/C78H152O17P2/c1-8-10-11-12-13-14-31-38-45-52-59-75(80)88-65-74(95-78(83)62-55-48-41-34-27-29-36-43-50-57-70(5)6)68-93-97(86,87)91-64-72(79)63-90-96(84,85)92-67-73(66-89-76(81)60-53-46-39-32-25-21-17-15-19-23-28-35-42-49-56-69(3)4)94-77(82)61-54-47-40-33-26-22-18-16-20-24-30-37-44-51-58-71(7)9-2/h69-74,79H,8-68H2,1-7H3,(H,84,85)(H,86,87)/t71?,72-,73-,74-/m1/s1. The first-order valence-electron chi connectivity index (χ1n) is 40.4. The van der Waals surface area contributed by atoms with Gasteiger partial charge >= 0.3 is 39.5 Å². The fourth-order valence-corrected chi connectivity index (χ4v) is 13.5.